The molecule has 0 fully saturated rings. The lowest BCUT2D eigenvalue weighted by Gasteiger charge is -2.37. The standard InChI is InChI=1S/C29H29F11O6Si/c1-4-43-47(3,44-5-2)15-13-26(32,33)28(36,37)27(34,35)25(30,31)12-14-42-19-11-10-18-16-21(24(41)45-23(18)17-19)20-8-6-7-9-22(20)46-29(38,39)40/h6-11,16-17H,4-5,12-15H2,1-3H3. The van der Waals surface area contributed by atoms with Gasteiger partial charge in [-0.25, -0.2) is 4.79 Å². The molecule has 0 radical (unpaired) electrons. The molecular weight excluding hydrogens is 681 g/mol. The summed E-state index contributed by atoms with van der Waals surface area (Å²) in [6.07, 6.45) is -9.10. The average molecular weight is 711 g/mol. The summed E-state index contributed by atoms with van der Waals surface area (Å²) >= 11 is 0. The number of halogens is 11. The molecule has 6 nitrogen and oxygen atoms in total. The van der Waals surface area contributed by atoms with Crippen molar-refractivity contribution in [2.24, 2.45) is 0 Å². The molecule has 0 N–H and O–H groups in total. The number of fused-ring (bicyclic) bond motifs is 1. The van der Waals surface area contributed by atoms with Crippen LogP contribution in [0.3, 0.4) is 0 Å². The molecule has 0 aliphatic rings. The van der Waals surface area contributed by atoms with Crippen molar-refractivity contribution in [2.75, 3.05) is 19.8 Å². The van der Waals surface area contributed by atoms with Crippen molar-refractivity contribution in [3.8, 4) is 22.6 Å². The van der Waals surface area contributed by atoms with Gasteiger partial charge in [0.05, 0.1) is 18.6 Å². The summed E-state index contributed by atoms with van der Waals surface area (Å²) in [6, 6.07) is 8.12. The first-order valence-electron chi connectivity index (χ1n) is 13.9. The maximum atomic E-state index is 14.5. The Morgan fingerprint density at radius 3 is 1.89 bits per heavy atom. The van der Waals surface area contributed by atoms with Gasteiger partial charge in [-0.3, -0.25) is 0 Å². The Hall–Kier alpha value is -3.38. The van der Waals surface area contributed by atoms with Gasteiger partial charge in [0.15, 0.2) is 0 Å². The van der Waals surface area contributed by atoms with Gasteiger partial charge in [0.2, 0.25) is 0 Å². The second-order valence-electron chi connectivity index (χ2n) is 10.3. The Morgan fingerprint density at radius 1 is 0.745 bits per heavy atom. The van der Waals surface area contributed by atoms with Gasteiger partial charge in [-0.05, 0) is 50.7 Å². The SMILES string of the molecule is CCO[Si](C)(CCC(F)(F)C(F)(F)C(F)(F)C(F)(F)CCOc1ccc2cc(-c3ccccc3OC(F)(F)F)c(=O)oc2c1)OCC. The molecule has 2 aromatic carbocycles. The van der Waals surface area contributed by atoms with E-state index in [2.05, 4.69) is 4.74 Å². The minimum absolute atomic E-state index is 0.0430. The van der Waals surface area contributed by atoms with Crippen LogP contribution in [-0.4, -0.2) is 58.4 Å². The summed E-state index contributed by atoms with van der Waals surface area (Å²) in [4.78, 5) is 12.6. The minimum atomic E-state index is -6.51. The molecular formula is C29H29F11O6Si. The normalized spacial score (nSPS) is 13.7. The first kappa shape index (κ1) is 38.1. The minimum Gasteiger partial charge on any atom is -0.493 e. The number of benzene rings is 2. The molecule has 0 unspecified atom stereocenters. The molecule has 0 aliphatic heterocycles. The molecule has 3 rings (SSSR count). The van der Waals surface area contributed by atoms with Gasteiger partial charge in [-0.1, -0.05) is 18.2 Å². The molecule has 18 heteroatoms. The summed E-state index contributed by atoms with van der Waals surface area (Å²) in [5, 5.41) is 0.0975. The van der Waals surface area contributed by atoms with Crippen LogP contribution in [0.15, 0.2) is 57.7 Å². The van der Waals surface area contributed by atoms with Crippen molar-refractivity contribution in [3.05, 3.63) is 59.0 Å². The fourth-order valence-electron chi connectivity index (χ4n) is 4.52. The molecule has 0 saturated carbocycles. The quantitative estimate of drug-likeness (QED) is 0.0840. The molecule has 47 heavy (non-hydrogen) atoms. The van der Waals surface area contributed by atoms with E-state index in [1.807, 2.05) is 0 Å². The summed E-state index contributed by atoms with van der Waals surface area (Å²) < 4.78 is 179. The van der Waals surface area contributed by atoms with Gasteiger partial charge in [0, 0.05) is 36.7 Å². The molecule has 0 bridgehead atoms. The molecule has 0 amide bonds. The van der Waals surface area contributed by atoms with Crippen LogP contribution in [0.25, 0.3) is 22.1 Å². The monoisotopic (exact) mass is 710 g/mol. The third-order valence-electron chi connectivity index (χ3n) is 6.90. The zero-order chi connectivity index (χ0) is 35.5. The number of hydrogen-bond donors (Lipinski definition) is 0. The first-order chi connectivity index (χ1) is 21.6. The summed E-state index contributed by atoms with van der Waals surface area (Å²) in [7, 11) is -3.50. The van der Waals surface area contributed by atoms with Gasteiger partial charge in [0.25, 0.3) is 0 Å². The van der Waals surface area contributed by atoms with Crippen LogP contribution in [-0.2, 0) is 8.85 Å². The van der Waals surface area contributed by atoms with E-state index in [1.165, 1.54) is 38.6 Å². The Morgan fingerprint density at radius 2 is 1.32 bits per heavy atom. The van der Waals surface area contributed by atoms with E-state index in [9.17, 15) is 53.1 Å². The number of rotatable bonds is 16. The van der Waals surface area contributed by atoms with Crippen molar-refractivity contribution in [3.63, 3.8) is 0 Å². The third-order valence-corrected chi connectivity index (χ3v) is 9.86. The van der Waals surface area contributed by atoms with E-state index < -0.39 is 75.5 Å². The van der Waals surface area contributed by atoms with Crippen molar-refractivity contribution < 1.29 is 71.0 Å². The van der Waals surface area contributed by atoms with Gasteiger partial charge in [0.1, 0.15) is 17.1 Å². The van der Waals surface area contributed by atoms with Crippen molar-refractivity contribution >= 4 is 19.5 Å². The van der Waals surface area contributed by atoms with Gasteiger partial charge < -0.3 is 22.7 Å². The molecule has 0 aliphatic carbocycles. The second kappa shape index (κ2) is 14.0. The topological polar surface area (TPSA) is 67.1 Å². The van der Waals surface area contributed by atoms with Crippen LogP contribution in [0, 0.1) is 0 Å². The van der Waals surface area contributed by atoms with Crippen LogP contribution < -0.4 is 15.1 Å². The highest BCUT2D eigenvalue weighted by atomic mass is 28.4. The molecule has 262 valence electrons. The fourth-order valence-corrected chi connectivity index (χ4v) is 6.88. The summed E-state index contributed by atoms with van der Waals surface area (Å²) in [5.74, 6) is -25.3. The Kier molecular flexibility index (Phi) is 11.3. The molecule has 0 atom stereocenters. The smallest absolute Gasteiger partial charge is 0.493 e. The van der Waals surface area contributed by atoms with E-state index in [4.69, 9.17) is 18.0 Å². The Bertz CT molecular complexity index is 1570. The zero-order valence-corrected chi connectivity index (χ0v) is 26.0. The third kappa shape index (κ3) is 8.56. The van der Waals surface area contributed by atoms with Crippen molar-refractivity contribution in [2.45, 2.75) is 69.3 Å². The van der Waals surface area contributed by atoms with Crippen molar-refractivity contribution in [1.29, 1.82) is 0 Å². The van der Waals surface area contributed by atoms with Crippen LogP contribution in [0.4, 0.5) is 48.3 Å². The number of alkyl halides is 11. The van der Waals surface area contributed by atoms with Crippen LogP contribution in [0.1, 0.15) is 26.7 Å². The van der Waals surface area contributed by atoms with Crippen LogP contribution in [0.2, 0.25) is 12.6 Å². The van der Waals surface area contributed by atoms with Crippen molar-refractivity contribution in [1.82, 2.24) is 0 Å². The number of para-hydroxylation sites is 1. The molecule has 0 saturated heterocycles. The van der Waals surface area contributed by atoms with E-state index in [-0.39, 0.29) is 41.1 Å². The van der Waals surface area contributed by atoms with E-state index in [1.54, 1.807) is 0 Å². The Balaban J connectivity index is 1.75. The summed E-state index contributed by atoms with van der Waals surface area (Å²) in [6.45, 7) is 2.75. The predicted octanol–water partition coefficient (Wildman–Crippen LogP) is 9.20. The maximum Gasteiger partial charge on any atom is 0.573 e. The largest absolute Gasteiger partial charge is 0.573 e. The molecule has 3 aromatic rings. The number of hydrogen-bond acceptors (Lipinski definition) is 6. The predicted molar refractivity (Wildman–Crippen MR) is 149 cm³/mol. The first-order valence-corrected chi connectivity index (χ1v) is 16.5. The lowest BCUT2D eigenvalue weighted by Crippen LogP contribution is -2.62. The van der Waals surface area contributed by atoms with Gasteiger partial charge in [-0.2, -0.15) is 35.1 Å². The van der Waals surface area contributed by atoms with Gasteiger partial charge >= 0.3 is 44.2 Å². The number of ether oxygens (including phenoxy) is 2. The lowest BCUT2D eigenvalue weighted by atomic mass is 9.95. The molecule has 1 aromatic heterocycles. The van der Waals surface area contributed by atoms with Gasteiger partial charge in [-0.15, -0.1) is 13.2 Å². The highest BCUT2D eigenvalue weighted by Crippen LogP contribution is 2.55. The van der Waals surface area contributed by atoms with E-state index >= 15 is 0 Å². The Labute approximate surface area is 261 Å². The summed E-state index contributed by atoms with van der Waals surface area (Å²) in [5.41, 5.74) is -2.03. The second-order valence-corrected chi connectivity index (χ2v) is 13.7. The maximum absolute atomic E-state index is 14.5. The molecule has 1 heterocycles. The fraction of sp³-hybridized carbons (Fsp3) is 0.483. The van der Waals surface area contributed by atoms with E-state index in [0.29, 0.717) is 0 Å². The van der Waals surface area contributed by atoms with Crippen LogP contribution in [0.5, 0.6) is 11.5 Å². The molecule has 0 spiro atoms. The zero-order valence-electron chi connectivity index (χ0n) is 25.0. The lowest BCUT2D eigenvalue weighted by molar-refractivity contribution is -0.367. The highest BCUT2D eigenvalue weighted by Gasteiger charge is 2.79. The average Bonchev–Trinajstić information content (AvgIpc) is 2.95. The van der Waals surface area contributed by atoms with Crippen LogP contribution >= 0.6 is 0 Å². The van der Waals surface area contributed by atoms with E-state index in [0.717, 1.165) is 30.3 Å². The highest BCUT2D eigenvalue weighted by molar-refractivity contribution is 6.66.